The molecule has 6 heteroatoms. The molecule has 24 heavy (non-hydrogen) atoms. The molecule has 2 aromatic rings. The molecule has 1 aromatic carbocycles. The van der Waals surface area contributed by atoms with Gasteiger partial charge < -0.3 is 10.6 Å². The highest BCUT2D eigenvalue weighted by atomic mass is 79.9. The minimum absolute atomic E-state index is 0.0778. The smallest absolute Gasteiger partial charge is 0.228 e. The van der Waals surface area contributed by atoms with E-state index in [4.69, 9.17) is 0 Å². The summed E-state index contributed by atoms with van der Waals surface area (Å²) in [6.07, 6.45) is 4.00. The molecule has 0 spiro atoms. The Morgan fingerprint density at radius 1 is 1.25 bits per heavy atom. The van der Waals surface area contributed by atoms with E-state index in [0.717, 1.165) is 21.3 Å². The fourth-order valence-electron chi connectivity index (χ4n) is 2.55. The van der Waals surface area contributed by atoms with Crippen molar-refractivity contribution in [1.82, 2.24) is 10.3 Å². The first-order valence-corrected chi connectivity index (χ1v) is 8.57. The van der Waals surface area contributed by atoms with Gasteiger partial charge in [-0.25, -0.2) is 0 Å². The molecular weight excluding hydrogens is 370 g/mol. The zero-order valence-corrected chi connectivity index (χ0v) is 14.8. The van der Waals surface area contributed by atoms with Crippen LogP contribution in [-0.4, -0.2) is 16.8 Å². The summed E-state index contributed by atoms with van der Waals surface area (Å²) in [6, 6.07) is 9.38. The van der Waals surface area contributed by atoms with E-state index >= 15 is 0 Å². The maximum atomic E-state index is 12.2. The van der Waals surface area contributed by atoms with E-state index in [1.807, 2.05) is 37.3 Å². The maximum absolute atomic E-state index is 12.2. The first-order valence-electron chi connectivity index (χ1n) is 7.78. The number of benzene rings is 1. The Balaban J connectivity index is 1.49. The molecule has 1 fully saturated rings. The van der Waals surface area contributed by atoms with E-state index < -0.39 is 0 Å². The van der Waals surface area contributed by atoms with Gasteiger partial charge in [0.1, 0.15) is 0 Å². The van der Waals surface area contributed by atoms with Crippen molar-refractivity contribution in [3.8, 4) is 0 Å². The predicted octanol–water partition coefficient (Wildman–Crippen LogP) is 3.04. The first-order chi connectivity index (χ1) is 11.5. The zero-order valence-electron chi connectivity index (χ0n) is 13.3. The number of nitrogens with zero attached hydrogens (tertiary/aromatic N) is 1. The van der Waals surface area contributed by atoms with Crippen LogP contribution in [0.15, 0.2) is 47.2 Å². The molecule has 0 saturated heterocycles. The van der Waals surface area contributed by atoms with Gasteiger partial charge in [0.25, 0.3) is 0 Å². The summed E-state index contributed by atoms with van der Waals surface area (Å²) in [5, 5.41) is 5.74. The summed E-state index contributed by atoms with van der Waals surface area (Å²) in [5.41, 5.74) is 2.74. The molecule has 5 nitrogen and oxygen atoms in total. The van der Waals surface area contributed by atoms with Crippen molar-refractivity contribution in [3.63, 3.8) is 0 Å². The molecular formula is C18H18BrN3O2. The Kier molecular flexibility index (Phi) is 4.94. The van der Waals surface area contributed by atoms with Gasteiger partial charge in [0, 0.05) is 29.1 Å². The molecule has 1 aliphatic rings. The number of anilines is 1. The minimum Gasteiger partial charge on any atom is -0.352 e. The topological polar surface area (TPSA) is 71.1 Å². The van der Waals surface area contributed by atoms with Crippen LogP contribution in [0.3, 0.4) is 0 Å². The molecule has 0 bridgehead atoms. The third-order valence-electron chi connectivity index (χ3n) is 4.08. The molecule has 1 aromatic heterocycles. The quantitative estimate of drug-likeness (QED) is 0.827. The lowest BCUT2D eigenvalue weighted by Crippen LogP contribution is -2.27. The molecule has 0 aliphatic heterocycles. The summed E-state index contributed by atoms with van der Waals surface area (Å²) in [4.78, 5) is 28.4. The van der Waals surface area contributed by atoms with Gasteiger partial charge in [-0.15, -0.1) is 0 Å². The van der Waals surface area contributed by atoms with Crippen LogP contribution in [0.2, 0.25) is 0 Å². The number of aromatic nitrogens is 1. The van der Waals surface area contributed by atoms with Crippen LogP contribution in [0.25, 0.3) is 0 Å². The second kappa shape index (κ2) is 7.13. The van der Waals surface area contributed by atoms with Crippen LogP contribution in [-0.2, 0) is 16.1 Å². The van der Waals surface area contributed by atoms with Gasteiger partial charge in [-0.2, -0.15) is 0 Å². The van der Waals surface area contributed by atoms with Crippen LogP contribution < -0.4 is 10.6 Å². The van der Waals surface area contributed by atoms with Crippen LogP contribution >= 0.6 is 15.9 Å². The summed E-state index contributed by atoms with van der Waals surface area (Å²) >= 11 is 3.43. The number of hydrogen-bond donors (Lipinski definition) is 2. The van der Waals surface area contributed by atoms with Gasteiger partial charge in [0.2, 0.25) is 11.8 Å². The average molecular weight is 388 g/mol. The highest BCUT2D eigenvalue weighted by Crippen LogP contribution is 2.39. The molecule has 3 rings (SSSR count). The number of nitrogens with one attached hydrogen (secondary N) is 2. The minimum atomic E-state index is -0.247. The van der Waals surface area contributed by atoms with E-state index in [1.165, 1.54) is 0 Å². The number of aryl methyl sites for hydroxylation is 1. The molecule has 2 unspecified atom stereocenters. The Labute approximate surface area is 149 Å². The third-order valence-corrected chi connectivity index (χ3v) is 4.97. The molecule has 0 radical (unpaired) electrons. The highest BCUT2D eigenvalue weighted by molar-refractivity contribution is 9.10. The number of carbonyl (C=O) groups is 2. The fraction of sp³-hybridized carbons (Fsp3) is 0.278. The molecule has 2 amide bonds. The Hall–Kier alpha value is -2.21. The molecule has 1 aliphatic carbocycles. The van der Waals surface area contributed by atoms with E-state index in [1.54, 1.807) is 12.4 Å². The summed E-state index contributed by atoms with van der Waals surface area (Å²) in [7, 11) is 0. The summed E-state index contributed by atoms with van der Waals surface area (Å²) in [6.45, 7) is 2.40. The number of rotatable bonds is 5. The van der Waals surface area contributed by atoms with Crippen molar-refractivity contribution in [2.24, 2.45) is 11.8 Å². The van der Waals surface area contributed by atoms with Crippen molar-refractivity contribution in [1.29, 1.82) is 0 Å². The van der Waals surface area contributed by atoms with Crippen LogP contribution in [0.5, 0.6) is 0 Å². The lowest BCUT2D eigenvalue weighted by molar-refractivity contribution is -0.125. The normalized spacial score (nSPS) is 18.8. The van der Waals surface area contributed by atoms with Crippen LogP contribution in [0.1, 0.15) is 17.5 Å². The largest absolute Gasteiger partial charge is 0.352 e. The van der Waals surface area contributed by atoms with Crippen molar-refractivity contribution >= 4 is 33.4 Å². The molecule has 1 heterocycles. The number of amides is 2. The summed E-state index contributed by atoms with van der Waals surface area (Å²) < 4.78 is 1.000. The van der Waals surface area contributed by atoms with Gasteiger partial charge in [-0.05, 0) is 48.7 Å². The van der Waals surface area contributed by atoms with E-state index in [2.05, 4.69) is 31.5 Å². The SMILES string of the molecule is Cc1cc(NC(=O)C2CC2C(=O)NCc2cccnc2)ccc1Br. The van der Waals surface area contributed by atoms with Crippen molar-refractivity contribution in [2.45, 2.75) is 19.9 Å². The number of pyridine rings is 1. The second-order valence-electron chi connectivity index (χ2n) is 5.98. The Morgan fingerprint density at radius 2 is 2.04 bits per heavy atom. The summed E-state index contributed by atoms with van der Waals surface area (Å²) in [5.74, 6) is -0.662. The number of hydrogen-bond acceptors (Lipinski definition) is 3. The molecule has 124 valence electrons. The lowest BCUT2D eigenvalue weighted by atomic mass is 10.2. The van der Waals surface area contributed by atoms with Crippen LogP contribution in [0, 0.1) is 18.8 Å². The van der Waals surface area contributed by atoms with Gasteiger partial charge in [-0.3, -0.25) is 14.6 Å². The zero-order chi connectivity index (χ0) is 17.1. The Morgan fingerprint density at radius 3 is 2.75 bits per heavy atom. The monoisotopic (exact) mass is 387 g/mol. The predicted molar refractivity (Wildman–Crippen MR) is 95.2 cm³/mol. The van der Waals surface area contributed by atoms with Crippen molar-refractivity contribution in [3.05, 3.63) is 58.3 Å². The highest BCUT2D eigenvalue weighted by Gasteiger charge is 2.47. The van der Waals surface area contributed by atoms with Gasteiger partial charge in [0.15, 0.2) is 0 Å². The first kappa shape index (κ1) is 16.6. The second-order valence-corrected chi connectivity index (χ2v) is 6.84. The Bertz CT molecular complexity index is 764. The van der Waals surface area contributed by atoms with Crippen molar-refractivity contribution < 1.29 is 9.59 Å². The number of halogens is 1. The van der Waals surface area contributed by atoms with E-state index in [0.29, 0.717) is 13.0 Å². The third kappa shape index (κ3) is 4.00. The van der Waals surface area contributed by atoms with Gasteiger partial charge >= 0.3 is 0 Å². The molecule has 2 N–H and O–H groups in total. The van der Waals surface area contributed by atoms with E-state index in [9.17, 15) is 9.59 Å². The lowest BCUT2D eigenvalue weighted by Gasteiger charge is -2.07. The standard InChI is InChI=1S/C18H18BrN3O2/c1-11-7-13(4-5-16(11)19)22-18(24)15-8-14(15)17(23)21-10-12-3-2-6-20-9-12/h2-7,9,14-15H,8,10H2,1H3,(H,21,23)(H,22,24). The fourth-order valence-corrected chi connectivity index (χ4v) is 2.80. The van der Waals surface area contributed by atoms with Gasteiger partial charge in [-0.1, -0.05) is 22.0 Å². The number of carbonyl (C=O) groups excluding carboxylic acids is 2. The molecule has 1 saturated carbocycles. The van der Waals surface area contributed by atoms with Gasteiger partial charge in [0.05, 0.1) is 11.8 Å². The average Bonchev–Trinajstić information content (AvgIpc) is 3.38. The van der Waals surface area contributed by atoms with Crippen molar-refractivity contribution in [2.75, 3.05) is 5.32 Å². The maximum Gasteiger partial charge on any atom is 0.228 e. The van der Waals surface area contributed by atoms with Crippen LogP contribution in [0.4, 0.5) is 5.69 Å². The van der Waals surface area contributed by atoms with E-state index in [-0.39, 0.29) is 23.7 Å². The molecule has 2 atom stereocenters.